The van der Waals surface area contributed by atoms with E-state index in [4.69, 9.17) is 0 Å². The molecule has 1 heterocycles. The molecule has 0 spiro atoms. The summed E-state index contributed by atoms with van der Waals surface area (Å²) >= 11 is 8.30. The maximum absolute atomic E-state index is 4.15. The molecule has 1 aromatic rings. The highest BCUT2D eigenvalue weighted by atomic mass is 32.1. The van der Waals surface area contributed by atoms with Gasteiger partial charge in [-0.3, -0.25) is 0 Å². The van der Waals surface area contributed by atoms with E-state index >= 15 is 0 Å². The fraction of sp³-hybridized carbons (Fsp3) is 0. The van der Waals surface area contributed by atoms with Crippen LogP contribution in [0.3, 0.4) is 0 Å². The van der Waals surface area contributed by atoms with Crippen LogP contribution in [0.25, 0.3) is 0 Å². The summed E-state index contributed by atoms with van der Waals surface area (Å²) in [5, 5.41) is 0. The summed E-state index contributed by atoms with van der Waals surface area (Å²) in [5.74, 6) is 0. The van der Waals surface area contributed by atoms with E-state index in [9.17, 15) is 0 Å². The molecule has 0 bridgehead atoms. The van der Waals surface area contributed by atoms with Crippen molar-refractivity contribution < 1.29 is 0 Å². The first-order valence-electron chi connectivity index (χ1n) is 2.14. The first-order valence-corrected chi connectivity index (χ1v) is 3.93. The fourth-order valence-electron chi connectivity index (χ4n) is 0.412. The summed E-state index contributed by atoms with van der Waals surface area (Å²) in [6, 6.07) is 5.87. The van der Waals surface area contributed by atoms with Crippen molar-refractivity contribution in [2.24, 2.45) is 0 Å². The van der Waals surface area contributed by atoms with Gasteiger partial charge in [-0.1, -0.05) is 6.07 Å². The molecule has 0 aliphatic heterocycles. The monoisotopic (exact) mass is 160 g/mol. The average molecular weight is 160 g/mol. The van der Waals surface area contributed by atoms with Gasteiger partial charge in [0.2, 0.25) is 0 Å². The Morgan fingerprint density at radius 2 is 1.62 bits per heavy atom. The normalized spacial score (nSPS) is 9.25. The summed E-state index contributed by atoms with van der Waals surface area (Å²) in [5.41, 5.74) is 0. The van der Waals surface area contributed by atoms with Crippen molar-refractivity contribution in [3.05, 3.63) is 18.2 Å². The zero-order valence-electron chi connectivity index (χ0n) is 4.07. The molecular formula is C5H5PS2. The highest BCUT2D eigenvalue weighted by Crippen LogP contribution is 2.25. The topological polar surface area (TPSA) is 0 Å². The molecule has 0 saturated heterocycles. The van der Waals surface area contributed by atoms with Gasteiger partial charge in [-0.2, -0.15) is 0 Å². The van der Waals surface area contributed by atoms with Gasteiger partial charge in [-0.05, 0) is 20.3 Å². The van der Waals surface area contributed by atoms with Crippen molar-refractivity contribution in [3.8, 4) is 0 Å². The van der Waals surface area contributed by atoms with Gasteiger partial charge in [0.1, 0.15) is 0 Å². The van der Waals surface area contributed by atoms with Crippen molar-refractivity contribution in [3.63, 3.8) is 0 Å². The van der Waals surface area contributed by atoms with Crippen molar-refractivity contribution in [1.82, 2.24) is 0 Å². The first-order chi connectivity index (χ1) is 3.79. The third-order valence-corrected chi connectivity index (χ3v) is 2.37. The minimum absolute atomic E-state index is 1.05. The van der Waals surface area contributed by atoms with Crippen molar-refractivity contribution >= 4 is 33.5 Å². The van der Waals surface area contributed by atoms with Gasteiger partial charge in [0, 0.05) is 9.25 Å². The quantitative estimate of drug-likeness (QED) is 0.536. The SMILES string of the molecule is Sc1cccc(S)p1. The van der Waals surface area contributed by atoms with Crippen LogP contribution in [0.4, 0.5) is 0 Å². The second kappa shape index (κ2) is 2.77. The van der Waals surface area contributed by atoms with Gasteiger partial charge in [0.15, 0.2) is 0 Å². The molecule has 1 rings (SSSR count). The van der Waals surface area contributed by atoms with Crippen LogP contribution in [0.15, 0.2) is 27.5 Å². The van der Waals surface area contributed by atoms with Gasteiger partial charge in [-0.15, -0.1) is 25.3 Å². The number of hydrogen-bond acceptors (Lipinski definition) is 2. The predicted molar refractivity (Wildman–Crippen MR) is 43.5 cm³/mol. The Bertz CT molecular complexity index is 170. The molecule has 0 aliphatic carbocycles. The fourth-order valence-corrected chi connectivity index (χ4v) is 2.02. The van der Waals surface area contributed by atoms with E-state index in [1.807, 2.05) is 18.2 Å². The zero-order valence-corrected chi connectivity index (χ0v) is 6.76. The van der Waals surface area contributed by atoms with Crippen molar-refractivity contribution in [1.29, 1.82) is 0 Å². The van der Waals surface area contributed by atoms with Gasteiger partial charge in [0.05, 0.1) is 0 Å². The Morgan fingerprint density at radius 3 is 1.88 bits per heavy atom. The van der Waals surface area contributed by atoms with E-state index in [2.05, 4.69) is 25.3 Å². The van der Waals surface area contributed by atoms with Crippen molar-refractivity contribution in [2.45, 2.75) is 9.25 Å². The van der Waals surface area contributed by atoms with Crippen molar-refractivity contribution in [2.75, 3.05) is 0 Å². The molecule has 0 N–H and O–H groups in total. The molecule has 0 aliphatic rings. The lowest BCUT2D eigenvalue weighted by Gasteiger charge is -1.88. The van der Waals surface area contributed by atoms with E-state index in [1.54, 1.807) is 0 Å². The standard InChI is InChI=1S/C5H5PS2/c7-4-2-1-3-5(8)6-4/h1-3,7-8H. The van der Waals surface area contributed by atoms with E-state index in [0.717, 1.165) is 17.4 Å². The zero-order chi connectivity index (χ0) is 5.98. The average Bonchev–Trinajstić information content (AvgIpc) is 1.64. The molecule has 0 fully saturated rings. The number of rotatable bonds is 0. The Morgan fingerprint density at radius 1 is 1.12 bits per heavy atom. The van der Waals surface area contributed by atoms with Crippen LogP contribution in [-0.2, 0) is 0 Å². The highest BCUT2D eigenvalue weighted by Gasteiger charge is 1.83. The van der Waals surface area contributed by atoms with Gasteiger partial charge >= 0.3 is 0 Å². The molecule has 0 amide bonds. The Labute approximate surface area is 61.2 Å². The van der Waals surface area contributed by atoms with Crippen LogP contribution in [0.2, 0.25) is 0 Å². The predicted octanol–water partition coefficient (Wildman–Crippen LogP) is 2.84. The van der Waals surface area contributed by atoms with E-state index in [-0.39, 0.29) is 0 Å². The lowest BCUT2D eigenvalue weighted by molar-refractivity contribution is 1.59. The lowest BCUT2D eigenvalue weighted by Crippen LogP contribution is -1.54. The summed E-state index contributed by atoms with van der Waals surface area (Å²) in [4.78, 5) is 0. The molecule has 0 saturated carbocycles. The third-order valence-electron chi connectivity index (χ3n) is 0.720. The highest BCUT2D eigenvalue weighted by molar-refractivity contribution is 7.87. The molecule has 0 unspecified atom stereocenters. The van der Waals surface area contributed by atoms with E-state index < -0.39 is 0 Å². The smallest absolute Gasteiger partial charge is 0.0325 e. The summed E-state index contributed by atoms with van der Waals surface area (Å²) < 4.78 is 2.11. The number of thiol groups is 2. The van der Waals surface area contributed by atoms with Gasteiger partial charge in [-0.25, -0.2) is 0 Å². The summed E-state index contributed by atoms with van der Waals surface area (Å²) in [7, 11) is 1.11. The van der Waals surface area contributed by atoms with E-state index in [1.165, 1.54) is 0 Å². The van der Waals surface area contributed by atoms with Crippen LogP contribution < -0.4 is 0 Å². The van der Waals surface area contributed by atoms with Gasteiger partial charge < -0.3 is 0 Å². The third kappa shape index (κ3) is 1.70. The Balaban J connectivity index is 3.08. The molecule has 42 valence electrons. The largest absolute Gasteiger partial charge is 0.139 e. The summed E-state index contributed by atoms with van der Waals surface area (Å²) in [6.07, 6.45) is 0. The Kier molecular flexibility index (Phi) is 2.24. The molecule has 0 atom stereocenters. The second-order valence-corrected chi connectivity index (χ2v) is 4.21. The van der Waals surface area contributed by atoms with Crippen LogP contribution in [-0.4, -0.2) is 0 Å². The molecule has 0 nitrogen and oxygen atoms in total. The first kappa shape index (κ1) is 6.47. The molecular weight excluding hydrogens is 155 g/mol. The molecule has 1 aromatic heterocycles. The molecule has 0 aromatic carbocycles. The van der Waals surface area contributed by atoms with Gasteiger partial charge in [0.25, 0.3) is 0 Å². The molecule has 3 heteroatoms. The minimum atomic E-state index is 1.05. The van der Waals surface area contributed by atoms with E-state index in [0.29, 0.717) is 0 Å². The van der Waals surface area contributed by atoms with Crippen LogP contribution in [0.1, 0.15) is 0 Å². The van der Waals surface area contributed by atoms with Crippen LogP contribution >= 0.6 is 33.5 Å². The maximum atomic E-state index is 4.15. The number of hydrogen-bond donors (Lipinski definition) is 2. The lowest BCUT2D eigenvalue weighted by atomic mass is 10.6. The molecule has 8 heavy (non-hydrogen) atoms. The second-order valence-electron chi connectivity index (χ2n) is 1.35. The van der Waals surface area contributed by atoms with Crippen LogP contribution in [0.5, 0.6) is 0 Å². The minimum Gasteiger partial charge on any atom is -0.139 e. The molecule has 0 radical (unpaired) electrons. The summed E-state index contributed by atoms with van der Waals surface area (Å²) in [6.45, 7) is 0. The van der Waals surface area contributed by atoms with Crippen LogP contribution in [0, 0.1) is 0 Å². The Hall–Kier alpha value is 0.350. The maximum Gasteiger partial charge on any atom is 0.0325 e.